The number of aliphatic imine (C=N–C) groups is 2. The van der Waals surface area contributed by atoms with E-state index in [1.165, 1.54) is 24.3 Å². The van der Waals surface area contributed by atoms with Crippen LogP contribution in [0, 0.1) is 0 Å². The molecule has 22 heavy (non-hydrogen) atoms. The first kappa shape index (κ1) is 13.8. The zero-order valence-electron chi connectivity index (χ0n) is 11.2. The van der Waals surface area contributed by atoms with Crippen LogP contribution in [0.4, 0.5) is 0 Å². The molecule has 1 aromatic rings. The Labute approximate surface area is 124 Å². The summed E-state index contributed by atoms with van der Waals surface area (Å²) in [5.41, 5.74) is 0.402. The van der Waals surface area contributed by atoms with Crippen molar-refractivity contribution in [2.24, 2.45) is 9.98 Å². The first-order chi connectivity index (χ1) is 10.6. The Morgan fingerprint density at radius 2 is 1.59 bits per heavy atom. The van der Waals surface area contributed by atoms with E-state index in [9.17, 15) is 19.2 Å². The fourth-order valence-electron chi connectivity index (χ4n) is 2.66. The number of hydrogen-bond acceptors (Lipinski definition) is 6. The van der Waals surface area contributed by atoms with Crippen LogP contribution < -0.4 is 0 Å². The monoisotopic (exact) mass is 292 g/mol. The molecule has 0 atom stereocenters. The van der Waals surface area contributed by atoms with Gasteiger partial charge in [-0.2, -0.15) is 9.98 Å². The minimum Gasteiger partial charge on any atom is -0.294 e. The second-order valence-corrected chi connectivity index (χ2v) is 4.89. The Balaban J connectivity index is 2.33. The summed E-state index contributed by atoms with van der Waals surface area (Å²) in [6.07, 6.45) is 8.63. The predicted molar refractivity (Wildman–Crippen MR) is 76.1 cm³/mol. The molecular weight excluding hydrogens is 284 g/mol. The van der Waals surface area contributed by atoms with Crippen LogP contribution in [-0.2, 0) is 31.3 Å². The lowest BCUT2D eigenvalue weighted by Crippen LogP contribution is -2.33. The maximum absolute atomic E-state index is 12.2. The lowest BCUT2D eigenvalue weighted by atomic mass is 9.82. The van der Waals surface area contributed by atoms with Gasteiger partial charge in [0.15, 0.2) is 5.78 Å². The van der Waals surface area contributed by atoms with E-state index in [0.717, 1.165) is 5.56 Å². The fraction of sp³-hybridized carbons (Fsp3) is 0.125. The van der Waals surface area contributed by atoms with Gasteiger partial charge in [0.05, 0.1) is 0 Å². The molecule has 0 aromatic heterocycles. The largest absolute Gasteiger partial charge is 0.294 e. The van der Waals surface area contributed by atoms with E-state index in [-0.39, 0.29) is 12.2 Å². The fourth-order valence-corrected chi connectivity index (χ4v) is 2.66. The number of allylic oxidation sites excluding steroid dienone is 1. The van der Waals surface area contributed by atoms with Crippen LogP contribution in [0.25, 0.3) is 12.2 Å². The first-order valence-electron chi connectivity index (χ1n) is 6.39. The standard InChI is InChI=1S/C16H8N2O4/c19-8-17-16(18-9-20)14-7-10-1-3-13(21)6-12(10)5-11(14)2-4-15(16)22/h1-5,7H,6H2. The highest BCUT2D eigenvalue weighted by atomic mass is 16.1. The molecule has 0 fully saturated rings. The lowest BCUT2D eigenvalue weighted by Gasteiger charge is -2.26. The summed E-state index contributed by atoms with van der Waals surface area (Å²) < 4.78 is 0. The maximum atomic E-state index is 12.2. The molecule has 3 rings (SSSR count). The maximum Gasteiger partial charge on any atom is 0.261 e. The third-order valence-corrected chi connectivity index (χ3v) is 3.67. The number of fused-ring (bicyclic) bond motifs is 2. The van der Waals surface area contributed by atoms with Crippen LogP contribution in [0.5, 0.6) is 0 Å². The highest BCUT2D eigenvalue weighted by molar-refractivity contribution is 6.06. The molecule has 0 saturated carbocycles. The Bertz CT molecular complexity index is 848. The summed E-state index contributed by atoms with van der Waals surface area (Å²) in [5.74, 6) is -0.645. The minimum absolute atomic E-state index is 0.0218. The number of carbonyl (C=O) groups is 2. The van der Waals surface area contributed by atoms with Crippen LogP contribution in [0.1, 0.15) is 22.3 Å². The number of nitrogens with zero attached hydrogens (tertiary/aromatic N) is 2. The highest BCUT2D eigenvalue weighted by Crippen LogP contribution is 2.38. The summed E-state index contributed by atoms with van der Waals surface area (Å²) in [4.78, 5) is 52.0. The Morgan fingerprint density at radius 3 is 2.27 bits per heavy atom. The number of isocyanates is 2. The lowest BCUT2D eigenvalue weighted by molar-refractivity contribution is -0.119. The van der Waals surface area contributed by atoms with E-state index < -0.39 is 11.4 Å². The second-order valence-electron chi connectivity index (χ2n) is 4.89. The summed E-state index contributed by atoms with van der Waals surface area (Å²) >= 11 is 0. The van der Waals surface area contributed by atoms with E-state index in [1.807, 2.05) is 0 Å². The van der Waals surface area contributed by atoms with Crippen LogP contribution in [0.15, 0.2) is 34.3 Å². The molecule has 0 saturated heterocycles. The zero-order chi connectivity index (χ0) is 15.7. The van der Waals surface area contributed by atoms with Crippen molar-refractivity contribution in [3.05, 3.63) is 46.5 Å². The molecule has 0 bridgehead atoms. The number of rotatable bonds is 2. The molecule has 0 unspecified atom stereocenters. The number of hydrogen-bond donors (Lipinski definition) is 0. The van der Waals surface area contributed by atoms with E-state index >= 15 is 0 Å². The van der Waals surface area contributed by atoms with Crippen LogP contribution in [0.3, 0.4) is 0 Å². The summed E-state index contributed by atoms with van der Waals surface area (Å²) in [6.45, 7) is 0. The molecule has 0 amide bonds. The number of benzene rings is 1. The smallest absolute Gasteiger partial charge is 0.261 e. The van der Waals surface area contributed by atoms with Gasteiger partial charge in [0, 0.05) is 12.0 Å². The zero-order valence-corrected chi connectivity index (χ0v) is 11.2. The Kier molecular flexibility index (Phi) is 3.11. The number of carbonyl (C=O) groups excluding carboxylic acids is 4. The van der Waals surface area contributed by atoms with Gasteiger partial charge in [0.25, 0.3) is 5.66 Å². The normalized spacial score (nSPS) is 21.5. The topological polar surface area (TPSA) is 93.0 Å². The SMILES string of the molecule is O=C=NC1(N=C=O)C(=O)C=Cc2cc3c(cc21)C=CC(=O)C3. The summed E-state index contributed by atoms with van der Waals surface area (Å²) in [6, 6.07) is 3.33. The van der Waals surface area contributed by atoms with Gasteiger partial charge < -0.3 is 0 Å². The van der Waals surface area contributed by atoms with Gasteiger partial charge in [-0.25, -0.2) is 9.59 Å². The molecular formula is C16H8N2O4. The van der Waals surface area contributed by atoms with Crippen molar-refractivity contribution >= 4 is 35.9 Å². The second kappa shape index (κ2) is 4.97. The summed E-state index contributed by atoms with van der Waals surface area (Å²) in [5, 5.41) is 0. The molecule has 6 heteroatoms. The molecule has 2 aliphatic carbocycles. The van der Waals surface area contributed by atoms with Crippen molar-refractivity contribution in [2.75, 3.05) is 0 Å². The third kappa shape index (κ3) is 1.91. The quantitative estimate of drug-likeness (QED) is 0.605. The predicted octanol–water partition coefficient (Wildman–Crippen LogP) is 1.25. The Morgan fingerprint density at radius 1 is 0.909 bits per heavy atom. The van der Waals surface area contributed by atoms with E-state index in [1.54, 1.807) is 24.3 Å². The minimum atomic E-state index is -1.97. The van der Waals surface area contributed by atoms with Gasteiger partial charge in [-0.3, -0.25) is 9.59 Å². The van der Waals surface area contributed by atoms with Gasteiger partial charge in [0.1, 0.15) is 0 Å². The molecule has 1 aromatic carbocycles. The van der Waals surface area contributed by atoms with Gasteiger partial charge in [0.2, 0.25) is 17.9 Å². The highest BCUT2D eigenvalue weighted by Gasteiger charge is 2.43. The van der Waals surface area contributed by atoms with E-state index in [2.05, 4.69) is 9.98 Å². The average molecular weight is 292 g/mol. The molecule has 0 N–H and O–H groups in total. The van der Waals surface area contributed by atoms with Gasteiger partial charge in [-0.1, -0.05) is 18.2 Å². The van der Waals surface area contributed by atoms with Crippen molar-refractivity contribution in [1.29, 1.82) is 0 Å². The van der Waals surface area contributed by atoms with E-state index in [0.29, 0.717) is 16.7 Å². The van der Waals surface area contributed by atoms with Crippen molar-refractivity contribution in [2.45, 2.75) is 12.1 Å². The molecule has 106 valence electrons. The van der Waals surface area contributed by atoms with Crippen molar-refractivity contribution in [3.8, 4) is 0 Å². The van der Waals surface area contributed by atoms with Crippen LogP contribution in [-0.4, -0.2) is 23.7 Å². The van der Waals surface area contributed by atoms with Gasteiger partial charge in [-0.15, -0.1) is 0 Å². The van der Waals surface area contributed by atoms with Crippen LogP contribution >= 0.6 is 0 Å². The van der Waals surface area contributed by atoms with Crippen molar-refractivity contribution < 1.29 is 19.2 Å². The molecule has 0 aliphatic heterocycles. The number of ketones is 2. The van der Waals surface area contributed by atoms with Crippen molar-refractivity contribution in [3.63, 3.8) is 0 Å². The first-order valence-corrected chi connectivity index (χ1v) is 6.39. The van der Waals surface area contributed by atoms with E-state index in [4.69, 9.17) is 0 Å². The van der Waals surface area contributed by atoms with Crippen molar-refractivity contribution in [1.82, 2.24) is 0 Å². The van der Waals surface area contributed by atoms with Gasteiger partial charge >= 0.3 is 0 Å². The van der Waals surface area contributed by atoms with Crippen LogP contribution in [0.2, 0.25) is 0 Å². The van der Waals surface area contributed by atoms with Gasteiger partial charge in [-0.05, 0) is 34.9 Å². The molecule has 0 spiro atoms. The molecule has 0 heterocycles. The molecule has 2 aliphatic rings. The molecule has 6 nitrogen and oxygen atoms in total. The Hall–Kier alpha value is -3.20. The third-order valence-electron chi connectivity index (χ3n) is 3.67. The average Bonchev–Trinajstić information content (AvgIpc) is 2.50. The summed E-state index contributed by atoms with van der Waals surface area (Å²) in [7, 11) is 0. The molecule has 0 radical (unpaired) electrons.